The highest BCUT2D eigenvalue weighted by atomic mass is 16.5. The average molecular weight is 831 g/mol. The molecule has 0 bridgehead atoms. The maximum atomic E-state index is 13.5. The average Bonchev–Trinajstić information content (AvgIpc) is 3.44. The lowest BCUT2D eigenvalue weighted by Gasteiger charge is -2.63. The Bertz CT molecular complexity index is 2290. The molecule has 2 saturated heterocycles. The normalized spacial score (nSPS) is 25.2. The Kier molecular flexibility index (Phi) is 10.8. The summed E-state index contributed by atoms with van der Waals surface area (Å²) < 4.78 is 18.1. The number of hydrogen-bond acceptors (Lipinski definition) is 11. The first-order chi connectivity index (χ1) is 29.0. The van der Waals surface area contributed by atoms with Crippen LogP contribution < -0.4 is 29.7 Å². The summed E-state index contributed by atoms with van der Waals surface area (Å²) in [5, 5.41) is 14.9. The van der Waals surface area contributed by atoms with E-state index < -0.39 is 29.7 Å². The van der Waals surface area contributed by atoms with Crippen molar-refractivity contribution in [3.8, 4) is 23.3 Å². The lowest BCUT2D eigenvalue weighted by molar-refractivity contribution is -0.164. The minimum absolute atomic E-state index is 0.0222. The molecule has 3 heterocycles. The summed E-state index contributed by atoms with van der Waals surface area (Å²) in [4.78, 5) is 69.8. The van der Waals surface area contributed by atoms with Gasteiger partial charge < -0.3 is 24.4 Å². The number of nitrogens with one attached hydrogen (secondary N) is 2. The molecule has 3 aromatic rings. The van der Waals surface area contributed by atoms with Crippen LogP contribution >= 0.6 is 0 Å². The molecule has 0 radical (unpaired) electrons. The molecular weight excluding hydrogens is 777 g/mol. The summed E-state index contributed by atoms with van der Waals surface area (Å²) in [5.41, 5.74) is 1.87. The van der Waals surface area contributed by atoms with Gasteiger partial charge in [-0.05, 0) is 74.9 Å². The topological polar surface area (TPSA) is 171 Å². The summed E-state index contributed by atoms with van der Waals surface area (Å²) in [7, 11) is 1.53. The zero-order valence-corrected chi connectivity index (χ0v) is 35.8. The van der Waals surface area contributed by atoms with Gasteiger partial charge in [0.05, 0.1) is 23.8 Å². The molecule has 3 aromatic carbocycles. The predicted molar refractivity (Wildman–Crippen MR) is 225 cm³/mol. The third kappa shape index (κ3) is 7.58. The van der Waals surface area contributed by atoms with Gasteiger partial charge >= 0.3 is 0 Å². The van der Waals surface area contributed by atoms with Crippen molar-refractivity contribution in [2.75, 3.05) is 31.6 Å². The minimum Gasteiger partial charge on any atom is -0.495 e. The molecule has 14 heteroatoms. The van der Waals surface area contributed by atoms with Gasteiger partial charge in [0.15, 0.2) is 0 Å². The second-order valence-electron chi connectivity index (χ2n) is 18.6. The molecule has 5 aliphatic rings. The minimum atomic E-state index is -1.00. The number of amides is 5. The van der Waals surface area contributed by atoms with Crippen molar-refractivity contribution in [2.24, 2.45) is 16.7 Å². The van der Waals surface area contributed by atoms with E-state index >= 15 is 0 Å². The van der Waals surface area contributed by atoms with E-state index in [1.54, 1.807) is 36.4 Å². The number of methoxy groups -OCH3 is 1. The highest BCUT2D eigenvalue weighted by Crippen LogP contribution is 2.55. The van der Waals surface area contributed by atoms with Crippen LogP contribution in [0.4, 0.5) is 5.69 Å². The van der Waals surface area contributed by atoms with Crippen LogP contribution in [0.25, 0.3) is 0 Å². The van der Waals surface area contributed by atoms with Gasteiger partial charge in [0.1, 0.15) is 41.6 Å². The van der Waals surface area contributed by atoms with E-state index in [1.165, 1.54) is 7.11 Å². The molecule has 2 aliphatic carbocycles. The molecule has 61 heavy (non-hydrogen) atoms. The number of imide groups is 2. The zero-order chi connectivity index (χ0) is 43.5. The van der Waals surface area contributed by atoms with Crippen LogP contribution in [0.2, 0.25) is 0 Å². The van der Waals surface area contributed by atoms with Gasteiger partial charge in [-0.2, -0.15) is 5.26 Å². The molecule has 1 unspecified atom stereocenters. The summed E-state index contributed by atoms with van der Waals surface area (Å²) in [6.45, 7) is 15.7. The molecule has 8 rings (SSSR count). The van der Waals surface area contributed by atoms with Crippen LogP contribution in [-0.2, 0) is 9.59 Å². The summed E-state index contributed by atoms with van der Waals surface area (Å²) >= 11 is 0. The molecule has 2 N–H and O–H groups in total. The third-order valence-corrected chi connectivity index (χ3v) is 13.5. The van der Waals surface area contributed by atoms with E-state index in [0.717, 1.165) is 43.1 Å². The van der Waals surface area contributed by atoms with Crippen molar-refractivity contribution >= 4 is 35.2 Å². The van der Waals surface area contributed by atoms with Crippen molar-refractivity contribution in [1.82, 2.24) is 20.4 Å². The number of nitriles is 1. The molecule has 320 valence electrons. The number of piperidine rings is 1. The largest absolute Gasteiger partial charge is 0.495 e. The van der Waals surface area contributed by atoms with Gasteiger partial charge in [-0.15, -0.1) is 0 Å². The predicted octanol–water partition coefficient (Wildman–Crippen LogP) is 5.34. The van der Waals surface area contributed by atoms with Crippen molar-refractivity contribution in [2.45, 2.75) is 104 Å². The fourth-order valence-electron chi connectivity index (χ4n) is 10.4. The molecule has 1 atom stereocenters. The quantitative estimate of drug-likeness (QED) is 0.213. The van der Waals surface area contributed by atoms with Crippen molar-refractivity contribution in [3.05, 3.63) is 82.9 Å². The number of hydrogen-bond donors (Lipinski definition) is 2. The Morgan fingerprint density at radius 2 is 1.57 bits per heavy atom. The fraction of sp³-hybridized carbons (Fsp3) is 0.489. The van der Waals surface area contributed by atoms with Crippen LogP contribution in [0, 0.1) is 28.1 Å². The summed E-state index contributed by atoms with van der Waals surface area (Å²) in [6.07, 6.45) is 1.67. The second kappa shape index (κ2) is 15.8. The molecule has 0 spiro atoms. The highest BCUT2D eigenvalue weighted by Gasteiger charge is 2.64. The van der Waals surface area contributed by atoms with Gasteiger partial charge in [0, 0.05) is 91.1 Å². The lowest BCUT2D eigenvalue weighted by atomic mass is 9.49. The molecule has 5 amide bonds. The van der Waals surface area contributed by atoms with Crippen LogP contribution in [0.1, 0.15) is 104 Å². The Hall–Kier alpha value is -5.94. The van der Waals surface area contributed by atoms with E-state index in [9.17, 15) is 29.2 Å². The van der Waals surface area contributed by atoms with E-state index in [-0.39, 0.29) is 59.0 Å². The monoisotopic (exact) mass is 830 g/mol. The van der Waals surface area contributed by atoms with Gasteiger partial charge in [-0.25, -0.2) is 0 Å². The maximum absolute atomic E-state index is 13.5. The number of rotatable bonds is 13. The lowest BCUT2D eigenvalue weighted by Crippen LogP contribution is -2.74. The Morgan fingerprint density at radius 3 is 2.21 bits per heavy atom. The van der Waals surface area contributed by atoms with Gasteiger partial charge in [0.2, 0.25) is 11.8 Å². The first-order valence-electron chi connectivity index (χ1n) is 21.2. The Labute approximate surface area is 356 Å². The molecule has 2 saturated carbocycles. The Balaban J connectivity index is 0.799. The van der Waals surface area contributed by atoms with Crippen molar-refractivity contribution in [1.29, 1.82) is 5.26 Å². The number of benzene rings is 3. The van der Waals surface area contributed by atoms with Crippen LogP contribution in [0.5, 0.6) is 17.2 Å². The SMILES string of the molecule is COc1cc(OC2C(C)(C)C(NC(=O)c3ccc(N4CC(CN(C(C)C)C5CC(Oc6ccc7c(c6)C(=O)N(C6CCC(=O)NC6=O)C7=O)C5)C4)cc3)C2(C)C)ccc1C#N. The molecule has 4 fully saturated rings. The highest BCUT2D eigenvalue weighted by molar-refractivity contribution is 6.23. The van der Waals surface area contributed by atoms with Crippen LogP contribution in [0.15, 0.2) is 60.7 Å². The van der Waals surface area contributed by atoms with Crippen molar-refractivity contribution < 1.29 is 38.2 Å². The van der Waals surface area contributed by atoms with E-state index in [0.29, 0.717) is 46.4 Å². The van der Waals surface area contributed by atoms with Gasteiger partial charge in [0.25, 0.3) is 17.7 Å². The zero-order valence-electron chi connectivity index (χ0n) is 35.8. The maximum Gasteiger partial charge on any atom is 0.262 e. The fourth-order valence-corrected chi connectivity index (χ4v) is 10.4. The van der Waals surface area contributed by atoms with Crippen LogP contribution in [0.3, 0.4) is 0 Å². The van der Waals surface area contributed by atoms with Crippen LogP contribution in [-0.4, -0.2) is 102 Å². The molecule has 0 aromatic heterocycles. The number of anilines is 1. The first kappa shape index (κ1) is 41.8. The third-order valence-electron chi connectivity index (χ3n) is 13.5. The molecular formula is C47H54N6O8. The standard InChI is InChI=1S/C47H54N6O8/c1-26(2)52(31-18-34(19-31)60-32-14-15-35-36(20-32)43(58)53(42(35)57)37-16-17-39(54)49-41(37)56)25-27-23-51(24-27)30-11-8-28(9-12-30)40(55)50-44-46(3,4)45(47(44,5)6)61-33-13-10-29(22-48)38(21-33)59-7/h8-15,20-21,26-27,31,34,37,44-45H,16-19,23-25H2,1-7H3,(H,50,55)(H,49,54,56). The Morgan fingerprint density at radius 1 is 0.918 bits per heavy atom. The summed E-state index contributed by atoms with van der Waals surface area (Å²) in [6, 6.07) is 19.6. The van der Waals surface area contributed by atoms with E-state index in [1.807, 2.05) is 24.3 Å². The smallest absolute Gasteiger partial charge is 0.262 e. The second-order valence-corrected chi connectivity index (χ2v) is 18.6. The number of carbonyl (C=O) groups is 5. The first-order valence-corrected chi connectivity index (χ1v) is 21.2. The number of nitrogens with zero attached hydrogens (tertiary/aromatic N) is 4. The van der Waals surface area contributed by atoms with E-state index in [2.05, 4.69) is 68.0 Å². The molecule has 14 nitrogen and oxygen atoms in total. The number of carbonyl (C=O) groups excluding carboxylic acids is 5. The van der Waals surface area contributed by atoms with Gasteiger partial charge in [-0.3, -0.25) is 39.1 Å². The number of fused-ring (bicyclic) bond motifs is 1. The summed E-state index contributed by atoms with van der Waals surface area (Å²) in [5.74, 6) is -0.145. The van der Waals surface area contributed by atoms with Crippen molar-refractivity contribution in [3.63, 3.8) is 0 Å². The van der Waals surface area contributed by atoms with E-state index in [4.69, 9.17) is 14.2 Å². The molecule has 3 aliphatic heterocycles. The number of ether oxygens (including phenoxy) is 3. The van der Waals surface area contributed by atoms with Gasteiger partial charge in [-0.1, -0.05) is 27.7 Å².